The van der Waals surface area contributed by atoms with Crippen LogP contribution in [0.2, 0.25) is 10.0 Å². The summed E-state index contributed by atoms with van der Waals surface area (Å²) in [7, 11) is 4.83. The third kappa shape index (κ3) is 3.27. The van der Waals surface area contributed by atoms with E-state index < -0.39 is 17.7 Å². The van der Waals surface area contributed by atoms with Gasteiger partial charge in [0.05, 0.1) is 29.3 Å². The lowest BCUT2D eigenvalue weighted by atomic mass is 9.80. The van der Waals surface area contributed by atoms with E-state index in [1.54, 1.807) is 55.4 Å². The number of para-hydroxylation sites is 1. The second-order valence-corrected chi connectivity index (χ2v) is 8.78. The van der Waals surface area contributed by atoms with E-state index in [0.717, 1.165) is 0 Å². The van der Waals surface area contributed by atoms with Crippen molar-refractivity contribution < 1.29 is 19.4 Å². The van der Waals surface area contributed by atoms with Gasteiger partial charge in [0.25, 0.3) is 5.91 Å². The minimum atomic E-state index is -1.44. The highest BCUT2D eigenvalue weighted by atomic mass is 35.5. The molecule has 0 saturated carbocycles. The van der Waals surface area contributed by atoms with Crippen LogP contribution in [0.3, 0.4) is 0 Å². The summed E-state index contributed by atoms with van der Waals surface area (Å²) in [6.07, 6.45) is -0.571. The number of fused-ring (bicyclic) bond motifs is 1. The Balaban J connectivity index is 2.04. The highest BCUT2D eigenvalue weighted by Crippen LogP contribution is 2.52. The number of nitrogens with zero attached hydrogens (tertiary/aromatic N) is 2. The molecule has 0 spiro atoms. The van der Waals surface area contributed by atoms with E-state index in [2.05, 4.69) is 5.32 Å². The molecule has 2 aliphatic rings. The maximum Gasteiger partial charge on any atom is 0.254 e. The fourth-order valence-electron chi connectivity index (χ4n) is 4.65. The number of nitrogens with one attached hydrogen (secondary N) is 1. The number of amides is 2. The number of likely N-dealkylation sites (N-methyl/N-ethyl adjacent to an activating group) is 1. The standard InChI is InChI=1S/C22H23Cl2N3O4/c1-26(2)20(29)18-8-12(28)11-27(18)22(13-6-4-5-7-19(13)31-3)14-9-15(23)16(24)10-17(14)25-21(22)30/h4-7,9-10,12,18,28H,8,11H2,1-3H3,(H,25,30)/t12-,18+,22?/m1/s1. The van der Waals surface area contributed by atoms with Crippen molar-refractivity contribution >= 4 is 40.7 Å². The van der Waals surface area contributed by atoms with Crippen LogP contribution in [-0.2, 0) is 15.1 Å². The largest absolute Gasteiger partial charge is 0.496 e. The number of halogens is 2. The first kappa shape index (κ1) is 21.9. The van der Waals surface area contributed by atoms with Gasteiger partial charge in [0, 0.05) is 37.5 Å². The Morgan fingerprint density at radius 3 is 2.58 bits per heavy atom. The molecule has 4 rings (SSSR count). The molecule has 0 radical (unpaired) electrons. The van der Waals surface area contributed by atoms with E-state index in [1.807, 2.05) is 0 Å². The molecule has 9 heteroatoms. The van der Waals surface area contributed by atoms with E-state index in [9.17, 15) is 14.7 Å². The summed E-state index contributed by atoms with van der Waals surface area (Å²) >= 11 is 12.6. The number of anilines is 1. The van der Waals surface area contributed by atoms with Gasteiger partial charge in [-0.3, -0.25) is 14.5 Å². The topological polar surface area (TPSA) is 82.1 Å². The number of carbonyl (C=O) groups is 2. The molecule has 2 amide bonds. The zero-order valence-electron chi connectivity index (χ0n) is 17.4. The Morgan fingerprint density at radius 2 is 1.90 bits per heavy atom. The number of hydrogen-bond acceptors (Lipinski definition) is 5. The lowest BCUT2D eigenvalue weighted by molar-refractivity contribution is -0.138. The van der Waals surface area contributed by atoms with Crippen LogP contribution in [0.1, 0.15) is 17.5 Å². The molecule has 0 aromatic heterocycles. The second kappa shape index (κ2) is 7.98. The van der Waals surface area contributed by atoms with Crippen LogP contribution < -0.4 is 10.1 Å². The summed E-state index contributed by atoms with van der Waals surface area (Å²) in [5, 5.41) is 14.0. The van der Waals surface area contributed by atoms with Crippen LogP contribution in [-0.4, -0.2) is 66.6 Å². The van der Waals surface area contributed by atoms with Gasteiger partial charge in [-0.15, -0.1) is 0 Å². The zero-order valence-corrected chi connectivity index (χ0v) is 18.9. The van der Waals surface area contributed by atoms with Gasteiger partial charge in [-0.25, -0.2) is 0 Å². The summed E-state index contributed by atoms with van der Waals surface area (Å²) < 4.78 is 5.61. The smallest absolute Gasteiger partial charge is 0.254 e. The van der Waals surface area contributed by atoms with Crippen LogP contribution in [0.4, 0.5) is 5.69 Å². The molecule has 2 aromatic rings. The fourth-order valence-corrected chi connectivity index (χ4v) is 4.98. The SMILES string of the molecule is COc1ccccc1C1(N2C[C@H](O)C[C@H]2C(=O)N(C)C)C(=O)Nc2cc(Cl)c(Cl)cc21. The summed E-state index contributed by atoms with van der Waals surface area (Å²) in [6.45, 7) is 0.120. The fraction of sp³-hybridized carbons (Fsp3) is 0.364. The number of aliphatic hydroxyl groups is 1. The Kier molecular flexibility index (Phi) is 5.64. The van der Waals surface area contributed by atoms with Crippen molar-refractivity contribution in [3.8, 4) is 5.75 Å². The molecule has 1 saturated heterocycles. The molecule has 2 aromatic carbocycles. The monoisotopic (exact) mass is 463 g/mol. The molecule has 0 aliphatic carbocycles. The lowest BCUT2D eigenvalue weighted by Gasteiger charge is -2.41. The van der Waals surface area contributed by atoms with E-state index >= 15 is 0 Å². The molecule has 0 bridgehead atoms. The van der Waals surface area contributed by atoms with Crippen LogP contribution in [0.25, 0.3) is 0 Å². The molecule has 164 valence electrons. The van der Waals surface area contributed by atoms with Gasteiger partial charge >= 0.3 is 0 Å². The average molecular weight is 464 g/mol. The molecule has 1 unspecified atom stereocenters. The van der Waals surface area contributed by atoms with E-state index in [-0.39, 0.29) is 29.8 Å². The maximum atomic E-state index is 13.8. The predicted octanol–water partition coefficient (Wildman–Crippen LogP) is 2.72. The van der Waals surface area contributed by atoms with Crippen LogP contribution in [0.5, 0.6) is 5.75 Å². The van der Waals surface area contributed by atoms with Gasteiger partial charge in [-0.2, -0.15) is 0 Å². The number of carbonyl (C=O) groups excluding carboxylic acids is 2. The van der Waals surface area contributed by atoms with Crippen LogP contribution in [0, 0.1) is 0 Å². The number of ether oxygens (including phenoxy) is 1. The normalized spacial score (nSPS) is 25.3. The average Bonchev–Trinajstić information content (AvgIpc) is 3.25. The third-order valence-corrected chi connectivity index (χ3v) is 6.68. The van der Waals surface area contributed by atoms with E-state index in [1.165, 1.54) is 12.0 Å². The van der Waals surface area contributed by atoms with Gasteiger partial charge in [0.15, 0.2) is 5.54 Å². The number of rotatable bonds is 4. The molecule has 1 fully saturated rings. The van der Waals surface area contributed by atoms with Gasteiger partial charge < -0.3 is 20.1 Å². The van der Waals surface area contributed by atoms with E-state index in [4.69, 9.17) is 27.9 Å². The van der Waals surface area contributed by atoms with Gasteiger partial charge in [0.1, 0.15) is 5.75 Å². The number of methoxy groups -OCH3 is 1. The van der Waals surface area contributed by atoms with Gasteiger partial charge in [-0.05, 0) is 24.6 Å². The molecule has 2 aliphatic heterocycles. The Bertz CT molecular complexity index is 1060. The number of likely N-dealkylation sites (tertiary alicyclic amines) is 1. The second-order valence-electron chi connectivity index (χ2n) is 7.97. The lowest BCUT2D eigenvalue weighted by Crippen LogP contribution is -2.57. The first-order valence-electron chi connectivity index (χ1n) is 9.82. The van der Waals surface area contributed by atoms with Crippen molar-refractivity contribution in [1.29, 1.82) is 0 Å². The summed E-state index contributed by atoms with van der Waals surface area (Å²) in [4.78, 5) is 30.1. The van der Waals surface area contributed by atoms with Crippen LogP contribution in [0.15, 0.2) is 36.4 Å². The molecule has 31 heavy (non-hydrogen) atoms. The number of benzene rings is 2. The molecule has 2 N–H and O–H groups in total. The van der Waals surface area contributed by atoms with Gasteiger partial charge in [0.2, 0.25) is 5.91 Å². The van der Waals surface area contributed by atoms with Crippen LogP contribution >= 0.6 is 23.2 Å². The number of aliphatic hydroxyl groups excluding tert-OH is 1. The van der Waals surface area contributed by atoms with Crippen molar-refractivity contribution in [1.82, 2.24) is 9.80 Å². The molecule has 3 atom stereocenters. The zero-order chi connectivity index (χ0) is 22.5. The molecule has 2 heterocycles. The minimum absolute atomic E-state index is 0.120. The maximum absolute atomic E-state index is 13.8. The first-order chi connectivity index (χ1) is 14.7. The quantitative estimate of drug-likeness (QED) is 0.728. The molecular weight excluding hydrogens is 441 g/mol. The minimum Gasteiger partial charge on any atom is -0.496 e. The summed E-state index contributed by atoms with van der Waals surface area (Å²) in [6, 6.07) is 9.68. The van der Waals surface area contributed by atoms with Crippen molar-refractivity contribution in [2.75, 3.05) is 33.1 Å². The van der Waals surface area contributed by atoms with Gasteiger partial charge in [-0.1, -0.05) is 41.4 Å². The Hall–Kier alpha value is -2.32. The summed E-state index contributed by atoms with van der Waals surface area (Å²) in [5.74, 6) is -0.0860. The number of β-amino-alcohol motifs (C(OH)–C–C–N with tert-alkyl or cyclic N) is 1. The van der Waals surface area contributed by atoms with Crippen molar-refractivity contribution in [2.45, 2.75) is 24.1 Å². The Labute approximate surface area is 190 Å². The van der Waals surface area contributed by atoms with Crippen molar-refractivity contribution in [3.05, 3.63) is 57.6 Å². The molecular formula is C22H23Cl2N3O4. The number of hydrogen-bond donors (Lipinski definition) is 2. The van der Waals surface area contributed by atoms with E-state index in [0.29, 0.717) is 27.6 Å². The van der Waals surface area contributed by atoms with Crippen molar-refractivity contribution in [2.24, 2.45) is 0 Å². The third-order valence-electron chi connectivity index (χ3n) is 5.96. The Morgan fingerprint density at radius 1 is 1.23 bits per heavy atom. The first-order valence-corrected chi connectivity index (χ1v) is 10.6. The highest BCUT2D eigenvalue weighted by Gasteiger charge is 2.59. The highest BCUT2D eigenvalue weighted by molar-refractivity contribution is 6.42. The molecule has 7 nitrogen and oxygen atoms in total. The van der Waals surface area contributed by atoms with Crippen molar-refractivity contribution in [3.63, 3.8) is 0 Å². The predicted molar refractivity (Wildman–Crippen MR) is 119 cm³/mol. The summed E-state index contributed by atoms with van der Waals surface area (Å²) in [5.41, 5.74) is 0.173.